The largest absolute Gasteiger partial charge is 0.395 e. The first-order valence-corrected chi connectivity index (χ1v) is 7.87. The number of hydrogen-bond donors (Lipinski definition) is 2. The van der Waals surface area contributed by atoms with E-state index in [9.17, 15) is 8.42 Å². The molecule has 0 unspecified atom stereocenters. The van der Waals surface area contributed by atoms with Crippen LogP contribution in [0.1, 0.15) is 11.1 Å². The number of rotatable bonds is 8. The Bertz CT molecular complexity index is 556. The normalized spacial score (nSPS) is 11.8. The molecule has 1 aromatic carbocycles. The summed E-state index contributed by atoms with van der Waals surface area (Å²) in [5.41, 5.74) is 1.59. The maximum atomic E-state index is 12.6. The monoisotopic (exact) mass is 298 g/mol. The van der Waals surface area contributed by atoms with Crippen LogP contribution in [0.5, 0.6) is 0 Å². The highest BCUT2D eigenvalue weighted by atomic mass is 32.2. The van der Waals surface area contributed by atoms with E-state index in [2.05, 4.69) is 11.9 Å². The van der Waals surface area contributed by atoms with Crippen molar-refractivity contribution in [3.63, 3.8) is 0 Å². The molecule has 0 fully saturated rings. The van der Waals surface area contributed by atoms with Gasteiger partial charge in [-0.1, -0.05) is 18.2 Å². The predicted molar refractivity (Wildman–Crippen MR) is 80.0 cm³/mol. The van der Waals surface area contributed by atoms with E-state index < -0.39 is 10.0 Å². The molecule has 0 heterocycles. The molecule has 0 radical (unpaired) electrons. The summed E-state index contributed by atoms with van der Waals surface area (Å²) in [7, 11) is -1.81. The zero-order valence-corrected chi connectivity index (χ0v) is 12.8. The summed E-state index contributed by atoms with van der Waals surface area (Å²) >= 11 is 0. The molecule has 0 aliphatic rings. The summed E-state index contributed by atoms with van der Waals surface area (Å²) in [5, 5.41) is 12.0. The van der Waals surface area contributed by atoms with Crippen LogP contribution in [0, 0.1) is 6.92 Å². The Balaban J connectivity index is 3.24. The quantitative estimate of drug-likeness (QED) is 0.699. The van der Waals surface area contributed by atoms with Gasteiger partial charge in [0, 0.05) is 19.6 Å². The fraction of sp³-hybridized carbons (Fsp3) is 0.429. The smallest absolute Gasteiger partial charge is 0.243 e. The van der Waals surface area contributed by atoms with E-state index in [-0.39, 0.29) is 24.6 Å². The van der Waals surface area contributed by atoms with Gasteiger partial charge in [0.25, 0.3) is 0 Å². The fourth-order valence-electron chi connectivity index (χ4n) is 1.94. The zero-order chi connectivity index (χ0) is 15.2. The average molecular weight is 298 g/mol. The molecule has 6 heteroatoms. The Morgan fingerprint density at radius 3 is 2.70 bits per heavy atom. The summed E-state index contributed by atoms with van der Waals surface area (Å²) in [6, 6.07) is 5.37. The van der Waals surface area contributed by atoms with E-state index in [1.165, 1.54) is 10.4 Å². The number of sulfonamides is 1. The predicted octanol–water partition coefficient (Wildman–Crippen LogP) is 0.883. The molecule has 20 heavy (non-hydrogen) atoms. The van der Waals surface area contributed by atoms with Crippen LogP contribution in [0.2, 0.25) is 0 Å². The Hall–Kier alpha value is -1.21. The lowest BCUT2D eigenvalue weighted by molar-refractivity contribution is 0.260. The van der Waals surface area contributed by atoms with Gasteiger partial charge in [-0.05, 0) is 31.2 Å². The average Bonchev–Trinajstić information content (AvgIpc) is 2.41. The first kappa shape index (κ1) is 16.8. The van der Waals surface area contributed by atoms with Crippen LogP contribution in [0.15, 0.2) is 35.7 Å². The van der Waals surface area contributed by atoms with Crippen molar-refractivity contribution in [2.45, 2.75) is 18.4 Å². The van der Waals surface area contributed by atoms with Crippen LogP contribution < -0.4 is 5.32 Å². The van der Waals surface area contributed by atoms with Crippen molar-refractivity contribution in [3.8, 4) is 0 Å². The van der Waals surface area contributed by atoms with E-state index >= 15 is 0 Å². The number of aryl methyl sites for hydroxylation is 1. The highest BCUT2D eigenvalue weighted by Crippen LogP contribution is 2.21. The van der Waals surface area contributed by atoms with Gasteiger partial charge in [0.2, 0.25) is 10.0 Å². The molecule has 0 saturated carbocycles. The van der Waals surface area contributed by atoms with Gasteiger partial charge < -0.3 is 10.4 Å². The van der Waals surface area contributed by atoms with Crippen molar-refractivity contribution in [1.29, 1.82) is 0 Å². The Kier molecular flexibility index (Phi) is 6.35. The van der Waals surface area contributed by atoms with Crippen molar-refractivity contribution in [2.75, 3.05) is 26.7 Å². The Labute approximate surface area is 121 Å². The highest BCUT2D eigenvalue weighted by molar-refractivity contribution is 7.89. The van der Waals surface area contributed by atoms with Gasteiger partial charge in [0.15, 0.2) is 0 Å². The molecule has 5 nitrogen and oxygen atoms in total. The first-order chi connectivity index (χ1) is 9.47. The van der Waals surface area contributed by atoms with Gasteiger partial charge in [-0.2, -0.15) is 4.31 Å². The van der Waals surface area contributed by atoms with Gasteiger partial charge in [-0.25, -0.2) is 8.42 Å². The molecule has 0 aliphatic carbocycles. The molecule has 1 rings (SSSR count). The molecule has 0 aromatic heterocycles. The minimum atomic E-state index is -3.62. The molecule has 2 N–H and O–H groups in total. The first-order valence-electron chi connectivity index (χ1n) is 6.43. The van der Waals surface area contributed by atoms with Crippen molar-refractivity contribution >= 4 is 10.0 Å². The van der Waals surface area contributed by atoms with Crippen LogP contribution in [-0.4, -0.2) is 44.6 Å². The van der Waals surface area contributed by atoms with Gasteiger partial charge >= 0.3 is 0 Å². The van der Waals surface area contributed by atoms with E-state index in [1.54, 1.807) is 19.1 Å². The summed E-state index contributed by atoms with van der Waals surface area (Å²) in [6.45, 7) is 5.95. The topological polar surface area (TPSA) is 69.6 Å². The Morgan fingerprint density at radius 1 is 1.45 bits per heavy atom. The number of aliphatic hydroxyl groups is 1. The summed E-state index contributed by atoms with van der Waals surface area (Å²) in [5.74, 6) is 0. The summed E-state index contributed by atoms with van der Waals surface area (Å²) in [4.78, 5) is 0.278. The lowest BCUT2D eigenvalue weighted by Crippen LogP contribution is -2.34. The van der Waals surface area contributed by atoms with Gasteiger partial charge in [-0.3, -0.25) is 0 Å². The molecule has 1 aromatic rings. The standard InChI is InChI=1S/C14H22N2O3S/c1-4-7-16(8-9-17)20(18,19)14-10-13(11-15-3)6-5-12(14)2/h4-6,10,15,17H,1,7-9,11H2,2-3H3. The molecular weight excluding hydrogens is 276 g/mol. The Morgan fingerprint density at radius 2 is 2.15 bits per heavy atom. The summed E-state index contributed by atoms with van der Waals surface area (Å²) in [6.07, 6.45) is 1.51. The van der Waals surface area contributed by atoms with Gasteiger partial charge in [-0.15, -0.1) is 6.58 Å². The van der Waals surface area contributed by atoms with Gasteiger partial charge in [0.05, 0.1) is 11.5 Å². The van der Waals surface area contributed by atoms with Crippen LogP contribution in [0.3, 0.4) is 0 Å². The SMILES string of the molecule is C=CCN(CCO)S(=O)(=O)c1cc(CNC)ccc1C. The highest BCUT2D eigenvalue weighted by Gasteiger charge is 2.24. The third-order valence-corrected chi connectivity index (χ3v) is 4.94. The number of hydrogen-bond acceptors (Lipinski definition) is 4. The number of aliphatic hydroxyl groups excluding tert-OH is 1. The van der Waals surface area contributed by atoms with Crippen molar-refractivity contribution in [3.05, 3.63) is 42.0 Å². The molecule has 0 spiro atoms. The second-order valence-electron chi connectivity index (χ2n) is 4.51. The molecule has 0 bridgehead atoms. The van der Waals surface area contributed by atoms with E-state index in [4.69, 9.17) is 5.11 Å². The number of nitrogens with one attached hydrogen (secondary N) is 1. The second kappa shape index (κ2) is 7.54. The fourth-order valence-corrected chi connectivity index (χ4v) is 3.62. The molecular formula is C14H22N2O3S. The third-order valence-electron chi connectivity index (χ3n) is 2.93. The van der Waals surface area contributed by atoms with Crippen LogP contribution >= 0.6 is 0 Å². The van der Waals surface area contributed by atoms with Crippen LogP contribution in [0.25, 0.3) is 0 Å². The molecule has 0 atom stereocenters. The maximum Gasteiger partial charge on any atom is 0.243 e. The van der Waals surface area contributed by atoms with E-state index in [0.717, 1.165) is 5.56 Å². The summed E-state index contributed by atoms with van der Waals surface area (Å²) < 4.78 is 26.5. The van der Waals surface area contributed by atoms with Crippen molar-refractivity contribution in [1.82, 2.24) is 9.62 Å². The van der Waals surface area contributed by atoms with Crippen LogP contribution in [0.4, 0.5) is 0 Å². The van der Waals surface area contributed by atoms with Crippen molar-refractivity contribution in [2.24, 2.45) is 0 Å². The van der Waals surface area contributed by atoms with E-state index in [0.29, 0.717) is 12.1 Å². The minimum Gasteiger partial charge on any atom is -0.395 e. The van der Waals surface area contributed by atoms with Crippen LogP contribution in [-0.2, 0) is 16.6 Å². The maximum absolute atomic E-state index is 12.6. The molecule has 112 valence electrons. The number of nitrogens with zero attached hydrogens (tertiary/aromatic N) is 1. The second-order valence-corrected chi connectivity index (χ2v) is 6.41. The van der Waals surface area contributed by atoms with Gasteiger partial charge in [0.1, 0.15) is 0 Å². The molecule has 0 amide bonds. The van der Waals surface area contributed by atoms with Crippen molar-refractivity contribution < 1.29 is 13.5 Å². The molecule has 0 saturated heterocycles. The third kappa shape index (κ3) is 3.89. The van der Waals surface area contributed by atoms with E-state index in [1.807, 2.05) is 13.1 Å². The molecule has 0 aliphatic heterocycles. The number of benzene rings is 1. The minimum absolute atomic E-state index is 0.0596. The zero-order valence-electron chi connectivity index (χ0n) is 12.0. The lowest BCUT2D eigenvalue weighted by atomic mass is 10.1. The lowest BCUT2D eigenvalue weighted by Gasteiger charge is -2.21.